The van der Waals surface area contributed by atoms with Crippen molar-refractivity contribution in [1.82, 2.24) is 0 Å². The first-order valence-corrected chi connectivity index (χ1v) is 8.04. The Hall–Kier alpha value is -0.460. The monoisotopic (exact) mass is 348 g/mol. The van der Waals surface area contributed by atoms with Crippen molar-refractivity contribution in [3.05, 3.63) is 0 Å². The van der Waals surface area contributed by atoms with Gasteiger partial charge in [-0.2, -0.15) is 26.3 Å². The molecule has 3 atom stereocenters. The van der Waals surface area contributed by atoms with E-state index in [1.54, 1.807) is 0 Å². The van der Waals surface area contributed by atoms with Gasteiger partial charge in [-0.25, -0.2) is 0 Å². The molecule has 0 heterocycles. The highest BCUT2D eigenvalue weighted by Crippen LogP contribution is 2.52. The van der Waals surface area contributed by atoms with Crippen molar-refractivity contribution in [2.24, 2.45) is 29.6 Å². The van der Waals surface area contributed by atoms with E-state index in [1.165, 1.54) is 0 Å². The van der Waals surface area contributed by atoms with E-state index in [0.717, 1.165) is 0 Å². The summed E-state index contributed by atoms with van der Waals surface area (Å²) < 4.78 is 77.6. The third-order valence-electron chi connectivity index (χ3n) is 5.09. The molecular weight excluding hydrogens is 322 g/mol. The third-order valence-corrected chi connectivity index (χ3v) is 5.09. The largest absolute Gasteiger partial charge is 0.426 e. The van der Waals surface area contributed by atoms with Crippen molar-refractivity contribution in [3.8, 4) is 0 Å². The van der Waals surface area contributed by atoms with Crippen LogP contribution >= 0.6 is 0 Å². The van der Waals surface area contributed by atoms with Gasteiger partial charge in [0, 0.05) is 0 Å². The van der Waals surface area contributed by atoms with E-state index < -0.39 is 30.3 Å². The zero-order valence-corrected chi connectivity index (χ0v) is 13.9. The van der Waals surface area contributed by atoms with Crippen LogP contribution in [0.25, 0.3) is 0 Å². The highest BCUT2D eigenvalue weighted by atomic mass is 19.4. The van der Waals surface area contributed by atoms with Crippen LogP contribution in [-0.4, -0.2) is 23.1 Å². The zero-order valence-electron chi connectivity index (χ0n) is 13.9. The minimum atomic E-state index is -5.72. The lowest BCUT2D eigenvalue weighted by atomic mass is 9.80. The van der Waals surface area contributed by atoms with Crippen molar-refractivity contribution < 1.29 is 31.4 Å². The Morgan fingerprint density at radius 1 is 0.870 bits per heavy atom. The predicted octanol–water partition coefficient (Wildman–Crippen LogP) is 5.58. The second-order valence-electron chi connectivity index (χ2n) is 7.69. The zero-order chi connectivity index (χ0) is 18.2. The quantitative estimate of drug-likeness (QED) is 0.643. The number of aliphatic hydroxyl groups is 1. The van der Waals surface area contributed by atoms with Crippen molar-refractivity contribution in [1.29, 1.82) is 0 Å². The molecule has 138 valence electrons. The summed E-state index contributed by atoms with van der Waals surface area (Å²) in [6, 6.07) is 0. The summed E-state index contributed by atoms with van der Waals surface area (Å²) in [6.45, 7) is 7.66. The van der Waals surface area contributed by atoms with E-state index in [1.807, 2.05) is 27.7 Å². The molecular formula is C16H26F6O. The van der Waals surface area contributed by atoms with Crippen LogP contribution in [-0.2, 0) is 0 Å². The standard InChI is InChI=1S/C16H26F6O/c1-9(2)5-12-6-11(10(3)4)7-13(12)8-14(23,15(17,18)19)16(20,21)22/h9-13,23H,5-8H2,1-4H3. The molecule has 0 radical (unpaired) electrons. The van der Waals surface area contributed by atoms with Crippen LogP contribution in [0.4, 0.5) is 26.3 Å². The average Bonchev–Trinajstić information content (AvgIpc) is 2.68. The molecule has 7 heteroatoms. The van der Waals surface area contributed by atoms with Gasteiger partial charge >= 0.3 is 12.4 Å². The van der Waals surface area contributed by atoms with Crippen molar-refractivity contribution in [2.75, 3.05) is 0 Å². The van der Waals surface area contributed by atoms with E-state index in [9.17, 15) is 31.4 Å². The fourth-order valence-corrected chi connectivity index (χ4v) is 3.72. The second kappa shape index (κ2) is 6.81. The first-order valence-electron chi connectivity index (χ1n) is 8.04. The van der Waals surface area contributed by atoms with E-state index >= 15 is 0 Å². The van der Waals surface area contributed by atoms with E-state index in [0.29, 0.717) is 19.3 Å². The highest BCUT2D eigenvalue weighted by Gasteiger charge is 2.70. The van der Waals surface area contributed by atoms with E-state index in [4.69, 9.17) is 0 Å². The Morgan fingerprint density at radius 3 is 1.65 bits per heavy atom. The van der Waals surface area contributed by atoms with Crippen LogP contribution in [0.15, 0.2) is 0 Å². The number of hydrogen-bond donors (Lipinski definition) is 1. The summed E-state index contributed by atoms with van der Waals surface area (Å²) in [5, 5.41) is 9.47. The van der Waals surface area contributed by atoms with Gasteiger partial charge in [-0.3, -0.25) is 0 Å². The van der Waals surface area contributed by atoms with Gasteiger partial charge in [0.25, 0.3) is 5.60 Å². The predicted molar refractivity (Wildman–Crippen MR) is 75.7 cm³/mol. The van der Waals surface area contributed by atoms with Gasteiger partial charge in [-0.15, -0.1) is 0 Å². The van der Waals surface area contributed by atoms with Crippen LogP contribution in [0, 0.1) is 29.6 Å². The molecule has 1 aliphatic carbocycles. The lowest BCUT2D eigenvalue weighted by molar-refractivity contribution is -0.373. The summed E-state index contributed by atoms with van der Waals surface area (Å²) >= 11 is 0. The molecule has 0 aromatic heterocycles. The van der Waals surface area contributed by atoms with Crippen LogP contribution < -0.4 is 0 Å². The maximum absolute atomic E-state index is 12.9. The molecule has 0 spiro atoms. The molecule has 1 rings (SSSR count). The second-order valence-corrected chi connectivity index (χ2v) is 7.69. The maximum atomic E-state index is 12.9. The van der Waals surface area contributed by atoms with Gasteiger partial charge in [0.2, 0.25) is 0 Å². The Labute approximate surface area is 133 Å². The van der Waals surface area contributed by atoms with Gasteiger partial charge in [0.15, 0.2) is 0 Å². The molecule has 3 unspecified atom stereocenters. The summed E-state index contributed by atoms with van der Waals surface area (Å²) in [7, 11) is 0. The lowest BCUT2D eigenvalue weighted by Gasteiger charge is -2.36. The van der Waals surface area contributed by atoms with Crippen LogP contribution in [0.2, 0.25) is 0 Å². The van der Waals surface area contributed by atoms with Crippen LogP contribution in [0.1, 0.15) is 53.4 Å². The van der Waals surface area contributed by atoms with E-state index in [-0.39, 0.29) is 23.7 Å². The Morgan fingerprint density at radius 2 is 1.30 bits per heavy atom. The average molecular weight is 348 g/mol. The van der Waals surface area contributed by atoms with Gasteiger partial charge in [0.05, 0.1) is 0 Å². The topological polar surface area (TPSA) is 20.2 Å². The van der Waals surface area contributed by atoms with Gasteiger partial charge in [0.1, 0.15) is 0 Å². The van der Waals surface area contributed by atoms with Crippen molar-refractivity contribution in [2.45, 2.75) is 71.3 Å². The van der Waals surface area contributed by atoms with Crippen molar-refractivity contribution >= 4 is 0 Å². The van der Waals surface area contributed by atoms with Gasteiger partial charge < -0.3 is 5.11 Å². The summed E-state index contributed by atoms with van der Waals surface area (Å²) in [5.74, 6) is -0.469. The minimum absolute atomic E-state index is 0.106. The van der Waals surface area contributed by atoms with E-state index in [2.05, 4.69) is 0 Å². The third kappa shape index (κ3) is 4.54. The van der Waals surface area contributed by atoms with Gasteiger partial charge in [-0.05, 0) is 55.3 Å². The molecule has 1 saturated carbocycles. The first-order chi connectivity index (χ1) is 10.2. The lowest BCUT2D eigenvalue weighted by Crippen LogP contribution is -2.58. The van der Waals surface area contributed by atoms with Crippen molar-refractivity contribution in [3.63, 3.8) is 0 Å². The fraction of sp³-hybridized carbons (Fsp3) is 1.00. The first kappa shape index (κ1) is 20.6. The molecule has 0 amide bonds. The number of rotatable bonds is 5. The molecule has 1 fully saturated rings. The molecule has 0 bridgehead atoms. The number of hydrogen-bond acceptors (Lipinski definition) is 1. The fourth-order valence-electron chi connectivity index (χ4n) is 3.72. The SMILES string of the molecule is CC(C)CC1CC(C(C)C)CC1CC(O)(C(F)(F)F)C(F)(F)F. The molecule has 0 aromatic carbocycles. The molecule has 0 aliphatic heterocycles. The summed E-state index contributed by atoms with van der Waals surface area (Å²) in [4.78, 5) is 0. The molecule has 1 nitrogen and oxygen atoms in total. The van der Waals surface area contributed by atoms with Gasteiger partial charge in [-0.1, -0.05) is 27.7 Å². The number of halogens is 6. The maximum Gasteiger partial charge on any atom is 0.426 e. The Balaban J connectivity index is 3.05. The summed E-state index contributed by atoms with van der Waals surface area (Å²) in [6.07, 6.45) is -11.2. The summed E-state index contributed by atoms with van der Waals surface area (Å²) in [5.41, 5.74) is -4.62. The number of alkyl halides is 6. The van der Waals surface area contributed by atoms with Crippen LogP contribution in [0.5, 0.6) is 0 Å². The molecule has 0 saturated heterocycles. The molecule has 23 heavy (non-hydrogen) atoms. The molecule has 1 N–H and O–H groups in total. The minimum Gasteiger partial charge on any atom is -0.374 e. The Kier molecular flexibility index (Phi) is 6.09. The smallest absolute Gasteiger partial charge is 0.374 e. The van der Waals surface area contributed by atoms with Crippen LogP contribution in [0.3, 0.4) is 0 Å². The molecule has 1 aliphatic rings. The molecule has 0 aromatic rings. The highest BCUT2D eigenvalue weighted by molar-refractivity contribution is 4.99. The Bertz CT molecular complexity index is 371. The normalized spacial score (nSPS) is 27.3.